The predicted octanol–water partition coefficient (Wildman–Crippen LogP) is 1.000. The summed E-state index contributed by atoms with van der Waals surface area (Å²) in [4.78, 5) is 26.2. The zero-order valence-electron chi connectivity index (χ0n) is 15.1. The number of hydrogen-bond acceptors (Lipinski definition) is 5. The van der Waals surface area contributed by atoms with Crippen molar-refractivity contribution in [2.45, 2.75) is 19.9 Å². The highest BCUT2D eigenvalue weighted by molar-refractivity contribution is 5.94. The first-order valence-electron chi connectivity index (χ1n) is 8.97. The van der Waals surface area contributed by atoms with Crippen molar-refractivity contribution in [1.82, 2.24) is 19.7 Å². The highest BCUT2D eigenvalue weighted by Gasteiger charge is 2.24. The van der Waals surface area contributed by atoms with Crippen LogP contribution >= 0.6 is 0 Å². The van der Waals surface area contributed by atoms with Crippen LogP contribution in [0.2, 0.25) is 0 Å². The Balaban J connectivity index is 1.58. The minimum Gasteiger partial charge on any atom is -0.354 e. The van der Waals surface area contributed by atoms with Crippen molar-refractivity contribution >= 4 is 11.7 Å². The van der Waals surface area contributed by atoms with Crippen molar-refractivity contribution in [2.75, 3.05) is 64.3 Å². The van der Waals surface area contributed by atoms with Gasteiger partial charge in [0.15, 0.2) is 0 Å². The molecule has 0 aromatic carbocycles. The average Bonchev–Trinajstić information content (AvgIpc) is 2.62. The van der Waals surface area contributed by atoms with E-state index in [-0.39, 0.29) is 5.91 Å². The molecule has 132 valence electrons. The van der Waals surface area contributed by atoms with E-state index in [1.54, 1.807) is 6.20 Å². The maximum absolute atomic E-state index is 12.7. The Morgan fingerprint density at radius 2 is 1.67 bits per heavy atom. The Labute approximate surface area is 145 Å². The smallest absolute Gasteiger partial charge is 0.255 e. The van der Waals surface area contributed by atoms with Crippen molar-refractivity contribution in [2.24, 2.45) is 0 Å². The molecule has 2 fully saturated rings. The fraction of sp³-hybridized carbons (Fsp3) is 0.667. The van der Waals surface area contributed by atoms with Gasteiger partial charge in [0.2, 0.25) is 0 Å². The van der Waals surface area contributed by atoms with Crippen LogP contribution in [0.25, 0.3) is 0 Å². The van der Waals surface area contributed by atoms with Crippen molar-refractivity contribution in [3.8, 4) is 0 Å². The number of pyridine rings is 1. The molecule has 0 aliphatic carbocycles. The maximum Gasteiger partial charge on any atom is 0.255 e. The molecular formula is C18H29N5O. The number of amides is 1. The molecule has 3 rings (SSSR count). The largest absolute Gasteiger partial charge is 0.354 e. The third-order valence-electron chi connectivity index (χ3n) is 5.15. The van der Waals surface area contributed by atoms with Crippen LogP contribution in [0.15, 0.2) is 18.3 Å². The van der Waals surface area contributed by atoms with E-state index >= 15 is 0 Å². The molecule has 0 N–H and O–H groups in total. The van der Waals surface area contributed by atoms with Crippen LogP contribution in [0.3, 0.4) is 0 Å². The molecule has 1 amide bonds. The van der Waals surface area contributed by atoms with E-state index in [1.165, 1.54) is 0 Å². The first-order chi connectivity index (χ1) is 11.5. The maximum atomic E-state index is 12.7. The van der Waals surface area contributed by atoms with Gasteiger partial charge in [0.05, 0.1) is 5.56 Å². The second-order valence-electron chi connectivity index (χ2n) is 7.12. The molecule has 0 atom stereocenters. The summed E-state index contributed by atoms with van der Waals surface area (Å²) in [5.41, 5.74) is 0.700. The number of nitrogens with zero attached hydrogens (tertiary/aromatic N) is 5. The number of carbonyl (C=O) groups excluding carboxylic acids is 1. The highest BCUT2D eigenvalue weighted by atomic mass is 16.2. The third kappa shape index (κ3) is 3.87. The molecule has 0 bridgehead atoms. The number of likely N-dealkylation sites (N-methyl/N-ethyl adjacent to an activating group) is 1. The molecule has 0 unspecified atom stereocenters. The fourth-order valence-corrected chi connectivity index (χ4v) is 3.36. The van der Waals surface area contributed by atoms with Crippen LogP contribution in [0.4, 0.5) is 5.82 Å². The van der Waals surface area contributed by atoms with Gasteiger partial charge in [-0.3, -0.25) is 9.69 Å². The minimum atomic E-state index is 0.107. The standard InChI is InChI=1S/C18H29N5O/c1-15(2)21-10-12-23(13-11-21)18(24)16-4-5-17(19-14-16)22-8-6-20(3)7-9-22/h4-5,14-15H,6-13H2,1-3H3. The van der Waals surface area contributed by atoms with Gasteiger partial charge in [0, 0.05) is 64.6 Å². The lowest BCUT2D eigenvalue weighted by molar-refractivity contribution is 0.0595. The zero-order valence-corrected chi connectivity index (χ0v) is 15.1. The molecule has 1 aromatic rings. The Hall–Kier alpha value is -1.66. The summed E-state index contributed by atoms with van der Waals surface area (Å²) in [6, 6.07) is 4.47. The van der Waals surface area contributed by atoms with Crippen LogP contribution in [0.5, 0.6) is 0 Å². The topological polar surface area (TPSA) is 42.9 Å². The minimum absolute atomic E-state index is 0.107. The first kappa shape index (κ1) is 17.2. The zero-order chi connectivity index (χ0) is 17.1. The molecule has 6 heteroatoms. The van der Waals surface area contributed by atoms with Gasteiger partial charge < -0.3 is 14.7 Å². The van der Waals surface area contributed by atoms with Crippen LogP contribution in [-0.2, 0) is 0 Å². The summed E-state index contributed by atoms with van der Waals surface area (Å²) in [5, 5.41) is 0. The molecule has 1 aromatic heterocycles. The number of aromatic nitrogens is 1. The van der Waals surface area contributed by atoms with E-state index in [0.717, 1.165) is 58.2 Å². The second kappa shape index (κ2) is 7.49. The van der Waals surface area contributed by atoms with Crippen LogP contribution < -0.4 is 4.90 Å². The lowest BCUT2D eigenvalue weighted by atomic mass is 10.2. The fourth-order valence-electron chi connectivity index (χ4n) is 3.36. The van der Waals surface area contributed by atoms with Gasteiger partial charge in [-0.25, -0.2) is 4.98 Å². The van der Waals surface area contributed by atoms with Crippen LogP contribution in [0.1, 0.15) is 24.2 Å². The van der Waals surface area contributed by atoms with Gasteiger partial charge >= 0.3 is 0 Å². The number of anilines is 1. The monoisotopic (exact) mass is 331 g/mol. The molecule has 0 radical (unpaired) electrons. The molecule has 6 nitrogen and oxygen atoms in total. The molecule has 2 saturated heterocycles. The van der Waals surface area contributed by atoms with E-state index in [0.29, 0.717) is 11.6 Å². The van der Waals surface area contributed by atoms with E-state index < -0.39 is 0 Å². The molecule has 0 saturated carbocycles. The number of rotatable bonds is 3. The molecule has 24 heavy (non-hydrogen) atoms. The molecule has 2 aliphatic heterocycles. The van der Waals surface area contributed by atoms with Crippen LogP contribution in [-0.4, -0.2) is 91.0 Å². The van der Waals surface area contributed by atoms with Gasteiger partial charge in [-0.2, -0.15) is 0 Å². The summed E-state index contributed by atoms with van der Waals surface area (Å²) in [6.45, 7) is 12.0. The Morgan fingerprint density at radius 3 is 2.21 bits per heavy atom. The van der Waals surface area contributed by atoms with Crippen molar-refractivity contribution in [3.05, 3.63) is 23.9 Å². The molecule has 3 heterocycles. The molecule has 0 spiro atoms. The summed E-state index contributed by atoms with van der Waals surface area (Å²) < 4.78 is 0. The van der Waals surface area contributed by atoms with Gasteiger partial charge in [-0.15, -0.1) is 0 Å². The lowest BCUT2D eigenvalue weighted by Gasteiger charge is -2.37. The number of piperazine rings is 2. The SMILES string of the molecule is CC(C)N1CCN(C(=O)c2ccc(N3CCN(C)CC3)nc2)CC1. The average molecular weight is 331 g/mol. The van der Waals surface area contributed by atoms with E-state index in [9.17, 15) is 4.79 Å². The van der Waals surface area contributed by atoms with E-state index in [2.05, 4.69) is 40.6 Å². The Morgan fingerprint density at radius 1 is 1.00 bits per heavy atom. The molecule has 2 aliphatic rings. The van der Waals surface area contributed by atoms with E-state index in [1.807, 2.05) is 17.0 Å². The summed E-state index contributed by atoms with van der Waals surface area (Å²) in [5.74, 6) is 1.08. The predicted molar refractivity (Wildman–Crippen MR) is 96.6 cm³/mol. The first-order valence-corrected chi connectivity index (χ1v) is 8.97. The van der Waals surface area contributed by atoms with Gasteiger partial charge in [0.25, 0.3) is 5.91 Å². The van der Waals surface area contributed by atoms with Gasteiger partial charge in [0.1, 0.15) is 5.82 Å². The normalized spacial score (nSPS) is 20.7. The van der Waals surface area contributed by atoms with Crippen LogP contribution in [0, 0.1) is 0 Å². The number of hydrogen-bond donors (Lipinski definition) is 0. The van der Waals surface area contributed by atoms with Gasteiger partial charge in [-0.05, 0) is 33.0 Å². The highest BCUT2D eigenvalue weighted by Crippen LogP contribution is 2.15. The van der Waals surface area contributed by atoms with Crippen molar-refractivity contribution in [1.29, 1.82) is 0 Å². The van der Waals surface area contributed by atoms with Crippen molar-refractivity contribution < 1.29 is 4.79 Å². The second-order valence-corrected chi connectivity index (χ2v) is 7.12. The summed E-state index contributed by atoms with van der Waals surface area (Å²) in [7, 11) is 2.14. The third-order valence-corrected chi connectivity index (χ3v) is 5.15. The lowest BCUT2D eigenvalue weighted by Crippen LogP contribution is -2.50. The Bertz CT molecular complexity index is 543. The van der Waals surface area contributed by atoms with Gasteiger partial charge in [-0.1, -0.05) is 0 Å². The number of carbonyl (C=O) groups is 1. The summed E-state index contributed by atoms with van der Waals surface area (Å²) >= 11 is 0. The summed E-state index contributed by atoms with van der Waals surface area (Å²) in [6.07, 6.45) is 1.74. The molecular weight excluding hydrogens is 302 g/mol. The quantitative estimate of drug-likeness (QED) is 0.827. The van der Waals surface area contributed by atoms with Crippen molar-refractivity contribution in [3.63, 3.8) is 0 Å². The van der Waals surface area contributed by atoms with E-state index in [4.69, 9.17) is 0 Å². The Kier molecular flexibility index (Phi) is 5.36.